The van der Waals surface area contributed by atoms with E-state index >= 15 is 0 Å². The summed E-state index contributed by atoms with van der Waals surface area (Å²) in [6, 6.07) is 0. The van der Waals surface area contributed by atoms with Crippen LogP contribution in [0.25, 0.3) is 0 Å². The van der Waals surface area contributed by atoms with E-state index < -0.39 is 0 Å². The second kappa shape index (κ2) is 3.07. The quantitative estimate of drug-likeness (QED) is 0.586. The van der Waals surface area contributed by atoms with E-state index in [0.29, 0.717) is 22.6 Å². The van der Waals surface area contributed by atoms with Crippen molar-refractivity contribution in [2.24, 2.45) is 23.7 Å². The Morgan fingerprint density at radius 2 is 2.23 bits per heavy atom. The van der Waals surface area contributed by atoms with Crippen molar-refractivity contribution >= 4 is 22.6 Å². The molecule has 0 aromatic heterocycles. The molecule has 0 amide bonds. The van der Waals surface area contributed by atoms with Crippen molar-refractivity contribution in [1.82, 2.24) is 0 Å². The summed E-state index contributed by atoms with van der Waals surface area (Å²) in [7, 11) is 0. The number of alkyl halides is 1. The van der Waals surface area contributed by atoms with Gasteiger partial charge in [-0.3, -0.25) is 0 Å². The highest BCUT2D eigenvalue weighted by Gasteiger charge is 2.57. The summed E-state index contributed by atoms with van der Waals surface area (Å²) in [6.07, 6.45) is 3.01. The Kier molecular flexibility index (Phi) is 2.11. The van der Waals surface area contributed by atoms with Crippen molar-refractivity contribution in [2.45, 2.75) is 22.9 Å². The van der Waals surface area contributed by atoms with Gasteiger partial charge in [-0.25, -0.2) is 0 Å². The maximum absolute atomic E-state index is 9.28. The summed E-state index contributed by atoms with van der Waals surface area (Å²) in [5.74, 6) is 2.91. The van der Waals surface area contributed by atoms with Crippen LogP contribution in [0.15, 0.2) is 0 Å². The topological polar surface area (TPSA) is 29.5 Å². The summed E-state index contributed by atoms with van der Waals surface area (Å²) in [5.41, 5.74) is 0. The van der Waals surface area contributed by atoms with Crippen LogP contribution < -0.4 is 0 Å². The molecule has 3 aliphatic rings. The fourth-order valence-electron chi connectivity index (χ4n) is 3.72. The molecule has 0 spiro atoms. The number of aliphatic hydroxyl groups is 1. The molecule has 2 nitrogen and oxygen atoms in total. The van der Waals surface area contributed by atoms with Gasteiger partial charge in [0.25, 0.3) is 0 Å². The summed E-state index contributed by atoms with van der Waals surface area (Å²) < 4.78 is 6.53. The Labute approximate surface area is 92.2 Å². The largest absolute Gasteiger partial charge is 0.396 e. The fourth-order valence-corrected chi connectivity index (χ4v) is 4.99. The van der Waals surface area contributed by atoms with E-state index in [2.05, 4.69) is 22.6 Å². The van der Waals surface area contributed by atoms with E-state index in [1.54, 1.807) is 0 Å². The predicted molar refractivity (Wildman–Crippen MR) is 57.8 cm³/mol. The highest BCUT2D eigenvalue weighted by Crippen LogP contribution is 2.56. The van der Waals surface area contributed by atoms with Crippen LogP contribution in [0.1, 0.15) is 12.8 Å². The molecule has 0 radical (unpaired) electrons. The van der Waals surface area contributed by atoms with Gasteiger partial charge < -0.3 is 9.84 Å². The summed E-state index contributed by atoms with van der Waals surface area (Å²) in [4.78, 5) is 0. The highest BCUT2D eigenvalue weighted by molar-refractivity contribution is 14.1. The monoisotopic (exact) mass is 294 g/mol. The molecule has 0 bridgehead atoms. The number of ether oxygens (including phenoxy) is 1. The molecule has 1 N–H and O–H groups in total. The number of hydrogen-bond acceptors (Lipinski definition) is 2. The summed E-state index contributed by atoms with van der Waals surface area (Å²) in [6.45, 7) is 1.36. The molecule has 1 saturated heterocycles. The lowest BCUT2D eigenvalue weighted by atomic mass is 9.91. The van der Waals surface area contributed by atoms with Crippen molar-refractivity contribution in [2.75, 3.05) is 13.2 Å². The first kappa shape index (κ1) is 8.92. The molecule has 0 aromatic rings. The predicted octanol–water partition coefficient (Wildman–Crippen LogP) is 1.45. The maximum Gasteiger partial charge on any atom is 0.0727 e. The second-order valence-electron chi connectivity index (χ2n) is 4.73. The molecule has 3 fully saturated rings. The van der Waals surface area contributed by atoms with Crippen molar-refractivity contribution < 1.29 is 9.84 Å². The Morgan fingerprint density at radius 1 is 1.38 bits per heavy atom. The van der Waals surface area contributed by atoms with Gasteiger partial charge in [0.2, 0.25) is 0 Å². The molecular formula is C10H15IO2. The lowest BCUT2D eigenvalue weighted by molar-refractivity contribution is 0.0921. The van der Waals surface area contributed by atoms with Crippen molar-refractivity contribution in [3.05, 3.63) is 0 Å². The van der Waals surface area contributed by atoms with Crippen molar-refractivity contribution in [3.8, 4) is 0 Å². The maximum atomic E-state index is 9.28. The fraction of sp³-hybridized carbons (Fsp3) is 1.00. The van der Waals surface area contributed by atoms with Gasteiger partial charge in [0.1, 0.15) is 0 Å². The molecule has 13 heavy (non-hydrogen) atoms. The smallest absolute Gasteiger partial charge is 0.0727 e. The molecule has 2 aliphatic carbocycles. The summed E-state index contributed by atoms with van der Waals surface area (Å²) >= 11 is 2.53. The van der Waals surface area contributed by atoms with Crippen LogP contribution in [0.5, 0.6) is 0 Å². The van der Waals surface area contributed by atoms with Gasteiger partial charge in [0, 0.05) is 10.5 Å². The van der Waals surface area contributed by atoms with Crippen LogP contribution in [0.4, 0.5) is 0 Å². The second-order valence-corrected chi connectivity index (χ2v) is 6.33. The first-order valence-electron chi connectivity index (χ1n) is 5.17. The van der Waals surface area contributed by atoms with Gasteiger partial charge in [-0.2, -0.15) is 0 Å². The average molecular weight is 294 g/mol. The summed E-state index contributed by atoms with van der Waals surface area (Å²) in [5, 5.41) is 9.28. The zero-order valence-corrected chi connectivity index (χ0v) is 9.68. The van der Waals surface area contributed by atoms with E-state index in [1.165, 1.54) is 12.8 Å². The van der Waals surface area contributed by atoms with Crippen molar-refractivity contribution in [1.29, 1.82) is 0 Å². The zero-order chi connectivity index (χ0) is 9.00. The Balaban J connectivity index is 1.88. The third-order valence-electron chi connectivity index (χ3n) is 4.22. The molecule has 6 atom stereocenters. The Hall–Kier alpha value is 0.650. The van der Waals surface area contributed by atoms with Crippen LogP contribution in [0.2, 0.25) is 0 Å². The van der Waals surface area contributed by atoms with Crippen LogP contribution in [0.3, 0.4) is 0 Å². The lowest BCUT2D eigenvalue weighted by Gasteiger charge is -2.15. The minimum absolute atomic E-state index is 0.397. The minimum atomic E-state index is 0.397. The molecule has 3 rings (SSSR count). The molecule has 2 saturated carbocycles. The van der Waals surface area contributed by atoms with Crippen LogP contribution in [-0.4, -0.2) is 28.3 Å². The third-order valence-corrected chi connectivity index (χ3v) is 5.44. The highest BCUT2D eigenvalue weighted by atomic mass is 127. The molecule has 3 heteroatoms. The number of hydrogen-bond donors (Lipinski definition) is 1. The number of rotatable bonds is 1. The standard InChI is InChI=1S/C10H15IO2/c11-8-2-7-5(3-12)1-6-4-13-10(8)9(6)7/h5-10,12H,1-4H2/t5-,6+,7+,8-,9-,10+/m1/s1. The molecule has 1 aliphatic heterocycles. The van der Waals surface area contributed by atoms with Crippen LogP contribution >= 0.6 is 22.6 Å². The van der Waals surface area contributed by atoms with Gasteiger partial charge in [-0.15, -0.1) is 0 Å². The lowest BCUT2D eigenvalue weighted by Crippen LogP contribution is -2.20. The van der Waals surface area contributed by atoms with E-state index in [0.717, 1.165) is 24.4 Å². The third kappa shape index (κ3) is 1.13. The number of halogens is 1. The zero-order valence-electron chi connectivity index (χ0n) is 7.53. The van der Waals surface area contributed by atoms with Crippen LogP contribution in [-0.2, 0) is 4.74 Å². The van der Waals surface area contributed by atoms with Gasteiger partial charge >= 0.3 is 0 Å². The van der Waals surface area contributed by atoms with Gasteiger partial charge in [0.15, 0.2) is 0 Å². The molecule has 1 heterocycles. The van der Waals surface area contributed by atoms with E-state index in [-0.39, 0.29) is 0 Å². The number of aliphatic hydroxyl groups excluding tert-OH is 1. The molecule has 74 valence electrons. The Morgan fingerprint density at radius 3 is 3.00 bits per heavy atom. The average Bonchev–Trinajstić information content (AvgIpc) is 2.70. The molecular weight excluding hydrogens is 279 g/mol. The first-order chi connectivity index (χ1) is 6.31. The normalized spacial score (nSPS) is 58.6. The Bertz CT molecular complexity index is 221. The van der Waals surface area contributed by atoms with Gasteiger partial charge in [-0.1, -0.05) is 22.6 Å². The SMILES string of the molecule is OC[C@H]1C[C@H]2CO[C@@H]3[C@H]2[C@H]1C[C@H]3I. The molecule has 0 aromatic carbocycles. The van der Waals surface area contributed by atoms with Gasteiger partial charge in [0.05, 0.1) is 12.7 Å². The van der Waals surface area contributed by atoms with Crippen LogP contribution in [0, 0.1) is 23.7 Å². The minimum Gasteiger partial charge on any atom is -0.396 e. The van der Waals surface area contributed by atoms with E-state index in [1.807, 2.05) is 0 Å². The van der Waals surface area contributed by atoms with Crippen molar-refractivity contribution in [3.63, 3.8) is 0 Å². The molecule has 0 unspecified atom stereocenters. The first-order valence-corrected chi connectivity index (χ1v) is 6.42. The van der Waals surface area contributed by atoms with E-state index in [4.69, 9.17) is 4.74 Å². The van der Waals surface area contributed by atoms with E-state index in [9.17, 15) is 5.11 Å². The van der Waals surface area contributed by atoms with Gasteiger partial charge in [-0.05, 0) is 36.5 Å².